The number of rotatable bonds is 4. The summed E-state index contributed by atoms with van der Waals surface area (Å²) in [6.07, 6.45) is 8.96. The van der Waals surface area contributed by atoms with Crippen molar-refractivity contribution in [2.24, 2.45) is 0 Å². The van der Waals surface area contributed by atoms with E-state index in [2.05, 4.69) is 20.2 Å². The van der Waals surface area contributed by atoms with Gasteiger partial charge in [0.15, 0.2) is 0 Å². The normalized spacial score (nSPS) is 28.5. The van der Waals surface area contributed by atoms with Gasteiger partial charge < -0.3 is 14.5 Å². The lowest BCUT2D eigenvalue weighted by Crippen LogP contribution is -2.33. The summed E-state index contributed by atoms with van der Waals surface area (Å²) in [5.41, 5.74) is -0.0214. The maximum Gasteiger partial charge on any atom is 0.144 e. The highest BCUT2D eigenvalue weighted by atomic mass is 16.5. The molecule has 1 spiro atoms. The summed E-state index contributed by atoms with van der Waals surface area (Å²) in [5, 5.41) is 3.42. The van der Waals surface area contributed by atoms with Gasteiger partial charge in [-0.05, 0) is 18.6 Å². The standard InChI is InChI=1S/C16H20N4O2/c1-2-14(21-7-1)10-20-6-3-16(12-20)8-13(11-22-16)19-15-9-17-4-5-18-15/h1-2,4-5,7,9,13H,3,6,8,10-12H2,(H,18,19). The van der Waals surface area contributed by atoms with Crippen LogP contribution in [0.4, 0.5) is 5.82 Å². The van der Waals surface area contributed by atoms with Gasteiger partial charge in [-0.15, -0.1) is 0 Å². The fourth-order valence-electron chi connectivity index (χ4n) is 3.49. The molecule has 0 radical (unpaired) electrons. The topological polar surface area (TPSA) is 63.4 Å². The van der Waals surface area contributed by atoms with Crippen molar-refractivity contribution < 1.29 is 9.15 Å². The van der Waals surface area contributed by atoms with Crippen LogP contribution in [0.2, 0.25) is 0 Å². The molecule has 0 bridgehead atoms. The van der Waals surface area contributed by atoms with Crippen LogP contribution in [0.25, 0.3) is 0 Å². The maximum atomic E-state index is 6.15. The van der Waals surface area contributed by atoms with Gasteiger partial charge in [0.2, 0.25) is 0 Å². The Morgan fingerprint density at radius 2 is 2.41 bits per heavy atom. The van der Waals surface area contributed by atoms with Crippen LogP contribution in [-0.2, 0) is 11.3 Å². The van der Waals surface area contributed by atoms with E-state index in [0.29, 0.717) is 6.04 Å². The molecule has 2 atom stereocenters. The Labute approximate surface area is 129 Å². The Hall–Kier alpha value is -1.92. The van der Waals surface area contributed by atoms with E-state index in [9.17, 15) is 0 Å². The first-order chi connectivity index (χ1) is 10.8. The lowest BCUT2D eigenvalue weighted by atomic mass is 9.97. The van der Waals surface area contributed by atoms with Crippen molar-refractivity contribution in [1.29, 1.82) is 0 Å². The van der Waals surface area contributed by atoms with Crippen LogP contribution in [-0.4, -0.2) is 46.2 Å². The molecule has 2 saturated heterocycles. The number of nitrogens with zero attached hydrogens (tertiary/aromatic N) is 3. The lowest BCUT2D eigenvalue weighted by Gasteiger charge is -2.23. The first-order valence-electron chi connectivity index (χ1n) is 7.73. The second kappa shape index (κ2) is 5.70. The molecule has 2 fully saturated rings. The van der Waals surface area contributed by atoms with E-state index in [1.54, 1.807) is 24.9 Å². The zero-order chi connectivity index (χ0) is 14.8. The Kier molecular flexibility index (Phi) is 3.56. The Morgan fingerprint density at radius 3 is 3.23 bits per heavy atom. The molecule has 2 aliphatic rings. The smallest absolute Gasteiger partial charge is 0.144 e. The van der Waals surface area contributed by atoms with Crippen molar-refractivity contribution >= 4 is 5.82 Å². The number of likely N-dealkylation sites (tertiary alicyclic amines) is 1. The minimum atomic E-state index is -0.0214. The number of ether oxygens (including phenoxy) is 1. The predicted molar refractivity (Wildman–Crippen MR) is 81.3 cm³/mol. The molecule has 4 rings (SSSR count). The number of hydrogen-bond acceptors (Lipinski definition) is 6. The molecule has 0 aliphatic carbocycles. The molecule has 2 aliphatic heterocycles. The van der Waals surface area contributed by atoms with Gasteiger partial charge in [-0.2, -0.15) is 0 Å². The molecule has 22 heavy (non-hydrogen) atoms. The third kappa shape index (κ3) is 2.84. The zero-order valence-electron chi connectivity index (χ0n) is 12.4. The van der Waals surface area contributed by atoms with Crippen LogP contribution in [0.5, 0.6) is 0 Å². The zero-order valence-corrected chi connectivity index (χ0v) is 12.4. The minimum absolute atomic E-state index is 0.0214. The Balaban J connectivity index is 1.34. The molecule has 0 amide bonds. The molecular formula is C16H20N4O2. The predicted octanol–water partition coefficient (Wildman–Crippen LogP) is 1.92. The second-order valence-corrected chi connectivity index (χ2v) is 6.17. The molecule has 1 N–H and O–H groups in total. The van der Waals surface area contributed by atoms with Crippen LogP contribution in [0.15, 0.2) is 41.4 Å². The van der Waals surface area contributed by atoms with Crippen molar-refractivity contribution in [2.75, 3.05) is 25.0 Å². The fraction of sp³-hybridized carbons (Fsp3) is 0.500. The molecule has 0 aromatic carbocycles. The summed E-state index contributed by atoms with van der Waals surface area (Å²) in [6, 6.07) is 4.27. The Bertz CT molecular complexity index is 604. The van der Waals surface area contributed by atoms with Gasteiger partial charge in [-0.3, -0.25) is 9.88 Å². The van der Waals surface area contributed by atoms with Crippen molar-refractivity contribution in [2.45, 2.75) is 31.0 Å². The van der Waals surface area contributed by atoms with Crippen molar-refractivity contribution in [3.63, 3.8) is 0 Å². The number of aromatic nitrogens is 2. The first-order valence-corrected chi connectivity index (χ1v) is 7.73. The highest BCUT2D eigenvalue weighted by molar-refractivity contribution is 5.32. The van der Waals surface area contributed by atoms with Crippen LogP contribution in [0.3, 0.4) is 0 Å². The van der Waals surface area contributed by atoms with Gasteiger partial charge >= 0.3 is 0 Å². The van der Waals surface area contributed by atoms with Crippen molar-refractivity contribution in [1.82, 2.24) is 14.9 Å². The van der Waals surface area contributed by atoms with Crippen LogP contribution < -0.4 is 5.32 Å². The van der Waals surface area contributed by atoms with E-state index >= 15 is 0 Å². The van der Waals surface area contributed by atoms with Crippen molar-refractivity contribution in [3.05, 3.63) is 42.7 Å². The molecule has 4 heterocycles. The van der Waals surface area contributed by atoms with Gasteiger partial charge in [-0.25, -0.2) is 4.98 Å². The SMILES string of the molecule is c1coc(CN2CCC3(CC(Nc4cnccn4)CO3)C2)c1. The van der Waals surface area contributed by atoms with Gasteiger partial charge in [0, 0.05) is 31.9 Å². The third-order valence-corrected chi connectivity index (χ3v) is 4.48. The second-order valence-electron chi connectivity index (χ2n) is 6.17. The van der Waals surface area contributed by atoms with Crippen LogP contribution in [0.1, 0.15) is 18.6 Å². The maximum absolute atomic E-state index is 6.15. The number of furan rings is 1. The molecule has 116 valence electrons. The summed E-state index contributed by atoms with van der Waals surface area (Å²) in [4.78, 5) is 10.8. The molecule has 6 heteroatoms. The summed E-state index contributed by atoms with van der Waals surface area (Å²) in [6.45, 7) is 3.61. The average Bonchev–Trinajstić information content (AvgIpc) is 3.25. The highest BCUT2D eigenvalue weighted by Gasteiger charge is 2.45. The largest absolute Gasteiger partial charge is 0.468 e. The summed E-state index contributed by atoms with van der Waals surface area (Å²) < 4.78 is 11.6. The number of nitrogens with one attached hydrogen (secondary N) is 1. The van der Waals surface area contributed by atoms with Crippen molar-refractivity contribution in [3.8, 4) is 0 Å². The molecule has 2 aromatic rings. The third-order valence-electron chi connectivity index (χ3n) is 4.48. The highest BCUT2D eigenvalue weighted by Crippen LogP contribution is 2.36. The molecule has 2 unspecified atom stereocenters. The van der Waals surface area contributed by atoms with E-state index in [-0.39, 0.29) is 5.60 Å². The monoisotopic (exact) mass is 300 g/mol. The summed E-state index contributed by atoms with van der Waals surface area (Å²) >= 11 is 0. The van der Waals surface area contributed by atoms with Gasteiger partial charge in [0.1, 0.15) is 11.6 Å². The van der Waals surface area contributed by atoms with Crippen LogP contribution in [0, 0.1) is 0 Å². The number of anilines is 1. The molecule has 0 saturated carbocycles. The molecular weight excluding hydrogens is 280 g/mol. The number of hydrogen-bond donors (Lipinski definition) is 1. The Morgan fingerprint density at radius 1 is 1.41 bits per heavy atom. The first kappa shape index (κ1) is 13.7. The average molecular weight is 300 g/mol. The van der Waals surface area contributed by atoms with Gasteiger partial charge in [0.05, 0.1) is 37.3 Å². The van der Waals surface area contributed by atoms with E-state index in [4.69, 9.17) is 9.15 Å². The lowest BCUT2D eigenvalue weighted by molar-refractivity contribution is 0.0115. The van der Waals surface area contributed by atoms with Crippen LogP contribution >= 0.6 is 0 Å². The van der Waals surface area contributed by atoms with Gasteiger partial charge in [0.25, 0.3) is 0 Å². The van der Waals surface area contributed by atoms with E-state index in [0.717, 1.165) is 50.7 Å². The summed E-state index contributed by atoms with van der Waals surface area (Å²) in [5.74, 6) is 1.84. The summed E-state index contributed by atoms with van der Waals surface area (Å²) in [7, 11) is 0. The van der Waals surface area contributed by atoms with E-state index < -0.39 is 0 Å². The van der Waals surface area contributed by atoms with Gasteiger partial charge in [-0.1, -0.05) is 0 Å². The van der Waals surface area contributed by atoms with E-state index in [1.165, 1.54) is 0 Å². The van der Waals surface area contributed by atoms with E-state index in [1.807, 2.05) is 12.1 Å². The minimum Gasteiger partial charge on any atom is -0.468 e. The molecule has 2 aromatic heterocycles. The quantitative estimate of drug-likeness (QED) is 0.930. The molecule has 6 nitrogen and oxygen atoms in total. The fourth-order valence-corrected chi connectivity index (χ4v) is 3.49.